The first-order valence-electron chi connectivity index (χ1n) is 9.59. The third-order valence-electron chi connectivity index (χ3n) is 4.75. The molecule has 0 saturated carbocycles. The second kappa shape index (κ2) is 9.08. The van der Waals surface area contributed by atoms with Crippen LogP contribution in [0.25, 0.3) is 0 Å². The second-order valence-electron chi connectivity index (χ2n) is 7.21. The van der Waals surface area contributed by atoms with Crippen LogP contribution in [0.15, 0.2) is 47.6 Å². The van der Waals surface area contributed by atoms with Gasteiger partial charge in [0, 0.05) is 10.0 Å². The zero-order chi connectivity index (χ0) is 22.0. The van der Waals surface area contributed by atoms with Crippen LogP contribution in [-0.4, -0.2) is 28.7 Å². The summed E-state index contributed by atoms with van der Waals surface area (Å²) in [5, 5.41) is 16.8. The van der Waals surface area contributed by atoms with Gasteiger partial charge < -0.3 is 14.9 Å². The molecule has 4 rings (SSSR count). The Morgan fingerprint density at radius 2 is 2.00 bits per heavy atom. The lowest BCUT2D eigenvalue weighted by Crippen LogP contribution is -2.43. The number of ether oxygens (including phenoxy) is 1. The van der Waals surface area contributed by atoms with Crippen molar-refractivity contribution in [2.45, 2.75) is 26.3 Å². The number of aromatic nitrogens is 2. The van der Waals surface area contributed by atoms with Gasteiger partial charge in [0.15, 0.2) is 17.4 Å². The van der Waals surface area contributed by atoms with Crippen molar-refractivity contribution in [3.63, 3.8) is 0 Å². The first-order chi connectivity index (χ1) is 14.9. The summed E-state index contributed by atoms with van der Waals surface area (Å²) in [4.78, 5) is 5.45. The normalized spacial score (nSPS) is 15.6. The zero-order valence-electron chi connectivity index (χ0n) is 16.8. The zero-order valence-corrected chi connectivity index (χ0v) is 18.3. The van der Waals surface area contributed by atoms with E-state index in [1.165, 1.54) is 6.07 Å². The van der Waals surface area contributed by atoms with E-state index in [4.69, 9.17) is 32.8 Å². The smallest absolute Gasteiger partial charge is 0.250 e. The summed E-state index contributed by atoms with van der Waals surface area (Å²) in [5.74, 6) is 0.139. The van der Waals surface area contributed by atoms with E-state index in [0.717, 1.165) is 5.56 Å². The van der Waals surface area contributed by atoms with Gasteiger partial charge >= 0.3 is 0 Å². The van der Waals surface area contributed by atoms with Crippen molar-refractivity contribution >= 4 is 29.0 Å². The summed E-state index contributed by atoms with van der Waals surface area (Å²) in [6, 6.07) is 11.9. The van der Waals surface area contributed by atoms with E-state index >= 15 is 0 Å². The average molecular weight is 461 g/mol. The number of halogens is 3. The summed E-state index contributed by atoms with van der Waals surface area (Å²) >= 11 is 12.3. The van der Waals surface area contributed by atoms with E-state index in [1.54, 1.807) is 44.2 Å². The molecule has 0 amide bonds. The summed E-state index contributed by atoms with van der Waals surface area (Å²) in [7, 11) is 0. The van der Waals surface area contributed by atoms with Gasteiger partial charge in [-0.15, -0.1) is 5.10 Å². The van der Waals surface area contributed by atoms with Crippen molar-refractivity contribution in [3.8, 4) is 11.6 Å². The van der Waals surface area contributed by atoms with Crippen LogP contribution in [0.5, 0.6) is 11.6 Å². The van der Waals surface area contributed by atoms with E-state index in [-0.39, 0.29) is 17.7 Å². The van der Waals surface area contributed by atoms with Crippen LogP contribution in [0.4, 0.5) is 4.39 Å². The fourth-order valence-corrected chi connectivity index (χ4v) is 3.65. The van der Waals surface area contributed by atoms with Crippen molar-refractivity contribution in [2.75, 3.05) is 6.61 Å². The van der Waals surface area contributed by atoms with Gasteiger partial charge in [-0.1, -0.05) is 46.6 Å². The van der Waals surface area contributed by atoms with E-state index in [2.05, 4.69) is 20.7 Å². The van der Waals surface area contributed by atoms with Crippen LogP contribution in [0.3, 0.4) is 0 Å². The number of rotatable bonds is 5. The number of hydrogen-bond donors (Lipinski definition) is 1. The fourth-order valence-electron chi connectivity index (χ4n) is 3.17. The van der Waals surface area contributed by atoms with Crippen molar-refractivity contribution in [1.29, 1.82) is 0 Å². The molecule has 1 aliphatic rings. The van der Waals surface area contributed by atoms with Gasteiger partial charge in [-0.05, 0) is 55.7 Å². The van der Waals surface area contributed by atoms with Crippen LogP contribution in [-0.2, 0) is 11.3 Å². The molecule has 6 nitrogen and oxygen atoms in total. The molecular weight excluding hydrogens is 442 g/mol. The summed E-state index contributed by atoms with van der Waals surface area (Å²) < 4.78 is 20.2. The van der Waals surface area contributed by atoms with Gasteiger partial charge in [-0.2, -0.15) is 5.10 Å². The highest BCUT2D eigenvalue weighted by Crippen LogP contribution is 2.28. The second-order valence-corrected chi connectivity index (χ2v) is 8.05. The number of hydrogen-bond acceptors (Lipinski definition) is 6. The van der Waals surface area contributed by atoms with Gasteiger partial charge in [0.2, 0.25) is 5.88 Å². The third kappa shape index (κ3) is 4.89. The molecule has 160 valence electrons. The molecule has 0 unspecified atom stereocenters. The van der Waals surface area contributed by atoms with Gasteiger partial charge in [-0.3, -0.25) is 0 Å². The summed E-state index contributed by atoms with van der Waals surface area (Å²) in [6.07, 6.45) is 0.592. The molecule has 1 aliphatic heterocycles. The Morgan fingerprint density at radius 3 is 2.81 bits per heavy atom. The van der Waals surface area contributed by atoms with E-state index in [1.807, 2.05) is 6.07 Å². The number of amidine groups is 1. The fraction of sp³-hybridized carbons (Fsp3) is 0.227. The molecule has 0 saturated heterocycles. The quantitative estimate of drug-likeness (QED) is 0.564. The van der Waals surface area contributed by atoms with Gasteiger partial charge in [0.05, 0.1) is 17.3 Å². The molecule has 2 aromatic carbocycles. The third-order valence-corrected chi connectivity index (χ3v) is 5.34. The maximum absolute atomic E-state index is 14.4. The summed E-state index contributed by atoms with van der Waals surface area (Å²) in [5.41, 5.74) is 2.56. The Kier molecular flexibility index (Phi) is 6.25. The lowest BCUT2D eigenvalue weighted by molar-refractivity contribution is 0.109. The molecule has 1 aromatic heterocycles. The SMILES string of the molecule is Cc1cc(C2=NOC[C@@H](Cc3ccc(Cl)cc3Cl)N2)c(Oc2cccc(C)c2F)nn1. The van der Waals surface area contributed by atoms with E-state index in [0.29, 0.717) is 45.7 Å². The minimum absolute atomic E-state index is 0.0567. The Hall–Kier alpha value is -2.90. The van der Waals surface area contributed by atoms with E-state index in [9.17, 15) is 4.39 Å². The Labute approximate surface area is 189 Å². The molecule has 0 radical (unpaired) electrons. The monoisotopic (exact) mass is 460 g/mol. The van der Waals surface area contributed by atoms with Gasteiger partial charge in [0.25, 0.3) is 0 Å². The molecule has 9 heteroatoms. The van der Waals surface area contributed by atoms with E-state index < -0.39 is 5.82 Å². The molecule has 2 heterocycles. The maximum Gasteiger partial charge on any atom is 0.250 e. The predicted octanol–water partition coefficient (Wildman–Crippen LogP) is 5.22. The Balaban J connectivity index is 1.59. The van der Waals surface area contributed by atoms with Crippen molar-refractivity contribution < 1.29 is 14.0 Å². The maximum atomic E-state index is 14.4. The molecule has 0 bridgehead atoms. The first kappa shape index (κ1) is 21.3. The van der Waals surface area contributed by atoms with Crippen molar-refractivity contribution in [1.82, 2.24) is 15.5 Å². The van der Waals surface area contributed by atoms with Crippen LogP contribution < -0.4 is 10.1 Å². The highest BCUT2D eigenvalue weighted by Gasteiger charge is 2.24. The largest absolute Gasteiger partial charge is 0.434 e. The minimum atomic E-state index is -0.458. The molecule has 1 N–H and O–H groups in total. The van der Waals surface area contributed by atoms with Crippen molar-refractivity contribution in [3.05, 3.63) is 80.7 Å². The minimum Gasteiger partial charge on any atom is -0.434 e. The number of nitrogens with zero attached hydrogens (tertiary/aromatic N) is 3. The predicted molar refractivity (Wildman–Crippen MR) is 118 cm³/mol. The molecule has 1 atom stereocenters. The first-order valence-corrected chi connectivity index (χ1v) is 10.3. The van der Waals surface area contributed by atoms with Gasteiger partial charge in [-0.25, -0.2) is 4.39 Å². The van der Waals surface area contributed by atoms with Crippen molar-refractivity contribution in [2.24, 2.45) is 5.16 Å². The molecule has 0 aliphatic carbocycles. The average Bonchev–Trinajstić information content (AvgIpc) is 2.75. The van der Waals surface area contributed by atoms with Crippen LogP contribution in [0, 0.1) is 19.7 Å². The number of nitrogens with one attached hydrogen (secondary N) is 1. The molecule has 3 aromatic rings. The standard InChI is InChI=1S/C22H19Cl2FN4O2/c1-12-4-3-5-19(20(12)25)31-22-17(8-13(2)27-28-22)21-26-16(11-30-29-21)9-14-6-7-15(23)10-18(14)24/h3-8,10,16H,9,11H2,1-2H3,(H,26,29)/t16-/m1/s1. The number of aryl methyl sites for hydroxylation is 2. The highest BCUT2D eigenvalue weighted by molar-refractivity contribution is 6.35. The number of oxime groups is 1. The topological polar surface area (TPSA) is 68.6 Å². The lowest BCUT2D eigenvalue weighted by atomic mass is 10.1. The van der Waals surface area contributed by atoms with Crippen LogP contribution >= 0.6 is 23.2 Å². The van der Waals surface area contributed by atoms with Crippen LogP contribution in [0.2, 0.25) is 10.0 Å². The Morgan fingerprint density at radius 1 is 1.16 bits per heavy atom. The Bertz CT molecular complexity index is 1160. The lowest BCUT2D eigenvalue weighted by Gasteiger charge is -2.25. The molecular formula is C22H19Cl2FN4O2. The summed E-state index contributed by atoms with van der Waals surface area (Å²) in [6.45, 7) is 3.81. The molecule has 0 fully saturated rings. The molecule has 31 heavy (non-hydrogen) atoms. The highest BCUT2D eigenvalue weighted by atomic mass is 35.5. The van der Waals surface area contributed by atoms with Crippen LogP contribution in [0.1, 0.15) is 22.4 Å². The van der Waals surface area contributed by atoms with Gasteiger partial charge in [0.1, 0.15) is 6.61 Å². The number of benzene rings is 2. The molecule has 0 spiro atoms.